The van der Waals surface area contributed by atoms with Crippen LogP contribution in [0.2, 0.25) is 0 Å². The van der Waals surface area contributed by atoms with Crippen LogP contribution in [0.25, 0.3) is 0 Å². The summed E-state index contributed by atoms with van der Waals surface area (Å²) in [5, 5.41) is 0. The zero-order valence-electron chi connectivity index (χ0n) is 10.9. The second-order valence-electron chi connectivity index (χ2n) is 5.11. The van der Waals surface area contributed by atoms with E-state index < -0.39 is 0 Å². The summed E-state index contributed by atoms with van der Waals surface area (Å²) in [4.78, 5) is 2.53. The highest BCUT2D eigenvalue weighted by Gasteiger charge is 2.20. The first-order chi connectivity index (χ1) is 8.33. The standard InChI is InChI=1S/C15H24N2/c1-2-10-17(12-14-4-3-5-14)15-8-6-13(11-16)7-9-15/h6-9,14H,2-5,10-12,16H2,1H3. The van der Waals surface area contributed by atoms with Gasteiger partial charge in [0.2, 0.25) is 0 Å². The Morgan fingerprint density at radius 3 is 2.41 bits per heavy atom. The van der Waals surface area contributed by atoms with Crippen LogP contribution >= 0.6 is 0 Å². The molecular weight excluding hydrogens is 208 g/mol. The van der Waals surface area contributed by atoms with Gasteiger partial charge in [0.05, 0.1) is 0 Å². The largest absolute Gasteiger partial charge is 0.371 e. The van der Waals surface area contributed by atoms with Gasteiger partial charge in [-0.2, -0.15) is 0 Å². The summed E-state index contributed by atoms with van der Waals surface area (Å²) in [7, 11) is 0. The van der Waals surface area contributed by atoms with Gasteiger partial charge in [-0.05, 0) is 42.9 Å². The smallest absolute Gasteiger partial charge is 0.0366 e. The lowest BCUT2D eigenvalue weighted by atomic mass is 9.85. The Morgan fingerprint density at radius 1 is 1.24 bits per heavy atom. The third kappa shape index (κ3) is 3.22. The van der Waals surface area contributed by atoms with Crippen molar-refractivity contribution in [3.8, 4) is 0 Å². The van der Waals surface area contributed by atoms with E-state index in [0.717, 1.165) is 5.92 Å². The maximum atomic E-state index is 5.63. The summed E-state index contributed by atoms with van der Waals surface area (Å²) < 4.78 is 0. The van der Waals surface area contributed by atoms with Crippen molar-refractivity contribution in [2.45, 2.75) is 39.2 Å². The molecule has 1 saturated carbocycles. The topological polar surface area (TPSA) is 29.3 Å². The Balaban J connectivity index is 2.01. The fourth-order valence-corrected chi connectivity index (χ4v) is 2.43. The van der Waals surface area contributed by atoms with Crippen molar-refractivity contribution in [3.05, 3.63) is 29.8 Å². The van der Waals surface area contributed by atoms with E-state index in [0.29, 0.717) is 6.54 Å². The molecule has 2 N–H and O–H groups in total. The van der Waals surface area contributed by atoms with E-state index in [9.17, 15) is 0 Å². The van der Waals surface area contributed by atoms with Gasteiger partial charge in [-0.25, -0.2) is 0 Å². The number of hydrogen-bond donors (Lipinski definition) is 1. The summed E-state index contributed by atoms with van der Waals surface area (Å²) in [5.74, 6) is 0.927. The molecule has 0 atom stereocenters. The Morgan fingerprint density at radius 2 is 1.94 bits per heavy atom. The fourth-order valence-electron chi connectivity index (χ4n) is 2.43. The van der Waals surface area contributed by atoms with Crippen LogP contribution in [0.1, 0.15) is 38.2 Å². The Labute approximate surface area is 105 Å². The molecular formula is C15H24N2. The van der Waals surface area contributed by atoms with Gasteiger partial charge >= 0.3 is 0 Å². The quantitative estimate of drug-likeness (QED) is 0.816. The molecule has 1 aromatic rings. The van der Waals surface area contributed by atoms with E-state index in [4.69, 9.17) is 5.73 Å². The van der Waals surface area contributed by atoms with Crippen molar-refractivity contribution in [1.82, 2.24) is 0 Å². The lowest BCUT2D eigenvalue weighted by Crippen LogP contribution is -2.33. The monoisotopic (exact) mass is 232 g/mol. The van der Waals surface area contributed by atoms with Crippen molar-refractivity contribution in [1.29, 1.82) is 0 Å². The number of anilines is 1. The van der Waals surface area contributed by atoms with Crippen LogP contribution in [0.5, 0.6) is 0 Å². The molecule has 0 heterocycles. The minimum absolute atomic E-state index is 0.636. The molecule has 2 rings (SSSR count). The Bertz CT molecular complexity index is 327. The van der Waals surface area contributed by atoms with Gasteiger partial charge in [0.1, 0.15) is 0 Å². The molecule has 1 aliphatic rings. The molecule has 0 radical (unpaired) electrons. The number of nitrogens with two attached hydrogens (primary N) is 1. The van der Waals surface area contributed by atoms with Gasteiger partial charge in [-0.15, -0.1) is 0 Å². The summed E-state index contributed by atoms with van der Waals surface area (Å²) in [6.07, 6.45) is 5.48. The first-order valence-electron chi connectivity index (χ1n) is 6.87. The van der Waals surface area contributed by atoms with Crippen molar-refractivity contribution in [2.75, 3.05) is 18.0 Å². The summed E-state index contributed by atoms with van der Waals surface area (Å²) in [6, 6.07) is 8.74. The third-order valence-corrected chi connectivity index (χ3v) is 3.73. The maximum absolute atomic E-state index is 5.63. The van der Waals surface area contributed by atoms with E-state index in [1.54, 1.807) is 0 Å². The summed E-state index contributed by atoms with van der Waals surface area (Å²) >= 11 is 0. The van der Waals surface area contributed by atoms with Gasteiger partial charge in [0.25, 0.3) is 0 Å². The summed E-state index contributed by atoms with van der Waals surface area (Å²) in [6.45, 7) is 5.28. The van der Waals surface area contributed by atoms with Crippen LogP contribution in [0.3, 0.4) is 0 Å². The molecule has 0 unspecified atom stereocenters. The second-order valence-corrected chi connectivity index (χ2v) is 5.11. The Kier molecular flexibility index (Phi) is 4.43. The van der Waals surface area contributed by atoms with E-state index in [-0.39, 0.29) is 0 Å². The number of rotatable bonds is 6. The molecule has 1 aliphatic carbocycles. The van der Waals surface area contributed by atoms with Crippen molar-refractivity contribution >= 4 is 5.69 Å². The number of hydrogen-bond acceptors (Lipinski definition) is 2. The molecule has 0 aliphatic heterocycles. The molecule has 0 bridgehead atoms. The lowest BCUT2D eigenvalue weighted by Gasteiger charge is -2.33. The number of benzene rings is 1. The molecule has 2 nitrogen and oxygen atoms in total. The predicted molar refractivity (Wildman–Crippen MR) is 74.2 cm³/mol. The molecule has 94 valence electrons. The van der Waals surface area contributed by atoms with Crippen LogP contribution in [0.4, 0.5) is 5.69 Å². The second kappa shape index (κ2) is 6.06. The highest BCUT2D eigenvalue weighted by Crippen LogP contribution is 2.29. The average Bonchev–Trinajstić information content (AvgIpc) is 2.32. The normalized spacial score (nSPS) is 15.6. The van der Waals surface area contributed by atoms with Crippen molar-refractivity contribution < 1.29 is 0 Å². The van der Waals surface area contributed by atoms with Gasteiger partial charge in [0.15, 0.2) is 0 Å². The Hall–Kier alpha value is -1.02. The average molecular weight is 232 g/mol. The van der Waals surface area contributed by atoms with Crippen LogP contribution in [0, 0.1) is 5.92 Å². The van der Waals surface area contributed by atoms with E-state index in [2.05, 4.69) is 36.1 Å². The SMILES string of the molecule is CCCN(CC1CCC1)c1ccc(CN)cc1. The van der Waals surface area contributed by atoms with Crippen molar-refractivity contribution in [3.63, 3.8) is 0 Å². The zero-order valence-corrected chi connectivity index (χ0v) is 10.9. The first kappa shape index (κ1) is 12.4. The predicted octanol–water partition coefficient (Wildman–Crippen LogP) is 3.16. The molecule has 1 aromatic carbocycles. The highest BCUT2D eigenvalue weighted by molar-refractivity contribution is 5.47. The molecule has 2 heteroatoms. The number of nitrogens with zero attached hydrogens (tertiary/aromatic N) is 1. The van der Waals surface area contributed by atoms with Gasteiger partial charge in [-0.1, -0.05) is 25.5 Å². The zero-order chi connectivity index (χ0) is 12.1. The minimum atomic E-state index is 0.636. The minimum Gasteiger partial charge on any atom is -0.371 e. The molecule has 0 aromatic heterocycles. The van der Waals surface area contributed by atoms with Crippen LogP contribution < -0.4 is 10.6 Å². The van der Waals surface area contributed by atoms with Crippen LogP contribution in [-0.4, -0.2) is 13.1 Å². The molecule has 0 spiro atoms. The fraction of sp³-hybridized carbons (Fsp3) is 0.600. The van der Waals surface area contributed by atoms with Gasteiger partial charge < -0.3 is 10.6 Å². The van der Waals surface area contributed by atoms with Crippen molar-refractivity contribution in [2.24, 2.45) is 11.7 Å². The van der Waals surface area contributed by atoms with E-state index in [1.165, 1.54) is 50.0 Å². The van der Waals surface area contributed by atoms with Crippen LogP contribution in [-0.2, 0) is 6.54 Å². The van der Waals surface area contributed by atoms with Gasteiger partial charge in [0, 0.05) is 25.3 Å². The van der Waals surface area contributed by atoms with Gasteiger partial charge in [-0.3, -0.25) is 0 Å². The molecule has 0 saturated heterocycles. The lowest BCUT2D eigenvalue weighted by molar-refractivity contribution is 0.317. The van der Waals surface area contributed by atoms with E-state index >= 15 is 0 Å². The third-order valence-electron chi connectivity index (χ3n) is 3.73. The van der Waals surface area contributed by atoms with E-state index in [1.807, 2.05) is 0 Å². The highest BCUT2D eigenvalue weighted by atomic mass is 15.1. The van der Waals surface area contributed by atoms with Crippen LogP contribution in [0.15, 0.2) is 24.3 Å². The first-order valence-corrected chi connectivity index (χ1v) is 6.87. The maximum Gasteiger partial charge on any atom is 0.0366 e. The summed E-state index contributed by atoms with van der Waals surface area (Å²) in [5.41, 5.74) is 8.21. The molecule has 1 fully saturated rings. The molecule has 17 heavy (non-hydrogen) atoms. The molecule has 0 amide bonds.